The number of phenols is 1. The first-order valence-electron chi connectivity index (χ1n) is 10.1. The molecule has 1 aliphatic rings. The molecular weight excluding hydrogens is 238 g/mol. The van der Waals surface area contributed by atoms with E-state index in [1.54, 1.807) is 0 Å². The topological polar surface area (TPSA) is 43.7 Å². The van der Waals surface area contributed by atoms with Crippen molar-refractivity contribution in [2.75, 3.05) is 20.5 Å². The molecule has 0 aromatic heterocycles. The monoisotopic (exact) mass is 270 g/mol. The Morgan fingerprint density at radius 3 is 2.47 bits per heavy atom. The van der Waals surface area contributed by atoms with Gasteiger partial charge in [0.15, 0.2) is 0 Å². The molecular formula is C16H25NO2. The highest BCUT2D eigenvalue weighted by molar-refractivity contribution is 5.30. The van der Waals surface area contributed by atoms with Gasteiger partial charge in [-0.2, -0.15) is 0 Å². The Bertz CT molecular complexity index is 595. The van der Waals surface area contributed by atoms with Gasteiger partial charge in [0.2, 0.25) is 0 Å². The summed E-state index contributed by atoms with van der Waals surface area (Å²) in [5.74, 6) is -1.90. The molecule has 1 atom stereocenters. The van der Waals surface area contributed by atoms with Crippen LogP contribution in [0.2, 0.25) is 0 Å². The third kappa shape index (κ3) is 3.48. The van der Waals surface area contributed by atoms with Crippen molar-refractivity contribution in [3.8, 4) is 5.75 Å². The largest absolute Gasteiger partial charge is 0.508 e. The molecule has 0 heterocycles. The summed E-state index contributed by atoms with van der Waals surface area (Å²) >= 11 is 0. The summed E-state index contributed by atoms with van der Waals surface area (Å²) in [5.41, 5.74) is -1.28. The second-order valence-corrected chi connectivity index (χ2v) is 5.20. The molecule has 3 nitrogen and oxygen atoms in total. The Hall–Kier alpha value is -1.06. The maximum atomic E-state index is 11.2. The molecule has 1 fully saturated rings. The molecule has 1 aromatic rings. The molecule has 2 rings (SSSR count). The molecule has 0 saturated heterocycles. The summed E-state index contributed by atoms with van der Waals surface area (Å²) in [5, 5.41) is 20.8. The first kappa shape index (κ1) is 7.65. The van der Waals surface area contributed by atoms with E-state index in [1.807, 2.05) is 0 Å². The molecule has 3 heteroatoms. The number of aromatic hydroxyl groups is 1. The number of phenolic OH excluding ortho intramolecular Hbond substituents is 1. The number of aliphatic hydroxyl groups is 1. The molecule has 1 saturated carbocycles. The van der Waals surface area contributed by atoms with Gasteiger partial charge >= 0.3 is 0 Å². The van der Waals surface area contributed by atoms with Gasteiger partial charge in [-0.1, -0.05) is 31.4 Å². The SMILES string of the molecule is [2H]C([2H])([2H])N(CC([2H])(c1ccc(O)cc1)C1(O)CCCCC1)C([2H])([2H])[2H]. The third-order valence-electron chi connectivity index (χ3n) is 3.77. The second-order valence-electron chi connectivity index (χ2n) is 5.20. The van der Waals surface area contributed by atoms with Crippen molar-refractivity contribution in [2.24, 2.45) is 0 Å². The van der Waals surface area contributed by atoms with Crippen LogP contribution in [0.1, 0.15) is 53.2 Å². The lowest BCUT2D eigenvalue weighted by Gasteiger charge is -2.40. The Balaban J connectivity index is 2.54. The summed E-state index contributed by atoms with van der Waals surface area (Å²) in [6, 6.07) is 5.57. The molecule has 1 aliphatic carbocycles. The zero-order valence-corrected chi connectivity index (χ0v) is 10.9. The average molecular weight is 270 g/mol. The molecule has 106 valence electrons. The van der Waals surface area contributed by atoms with E-state index in [9.17, 15) is 10.2 Å². The minimum atomic E-state index is -2.94. The number of benzene rings is 1. The van der Waals surface area contributed by atoms with Gasteiger partial charge in [0.1, 0.15) is 5.75 Å². The van der Waals surface area contributed by atoms with Crippen molar-refractivity contribution < 1.29 is 19.8 Å². The van der Waals surface area contributed by atoms with E-state index in [4.69, 9.17) is 9.60 Å². The van der Waals surface area contributed by atoms with Gasteiger partial charge in [-0.25, -0.2) is 0 Å². The Labute approximate surface area is 125 Å². The van der Waals surface area contributed by atoms with Crippen LogP contribution in [0.15, 0.2) is 24.3 Å². The summed E-state index contributed by atoms with van der Waals surface area (Å²) in [6.45, 7) is -6.57. The normalized spacial score (nSPS) is 28.8. The smallest absolute Gasteiger partial charge is 0.115 e. The first-order valence-corrected chi connectivity index (χ1v) is 6.59. The molecule has 0 spiro atoms. The maximum Gasteiger partial charge on any atom is 0.115 e. The highest BCUT2D eigenvalue weighted by atomic mass is 16.3. The van der Waals surface area contributed by atoms with E-state index in [2.05, 4.69) is 0 Å². The van der Waals surface area contributed by atoms with E-state index in [-0.39, 0.29) is 24.2 Å². The van der Waals surface area contributed by atoms with Crippen LogP contribution in [0.25, 0.3) is 0 Å². The zero-order chi connectivity index (χ0) is 19.8. The average Bonchev–Trinajstić information content (AvgIpc) is 2.51. The van der Waals surface area contributed by atoms with Gasteiger partial charge in [0.05, 0.1) is 5.60 Å². The van der Waals surface area contributed by atoms with Crippen molar-refractivity contribution in [1.29, 1.82) is 0 Å². The van der Waals surface area contributed by atoms with E-state index in [1.165, 1.54) is 24.3 Å². The first-order chi connectivity index (χ1) is 11.8. The summed E-state index contributed by atoms with van der Waals surface area (Å²) in [7, 11) is 0. The fraction of sp³-hybridized carbons (Fsp3) is 0.625. The fourth-order valence-electron chi connectivity index (χ4n) is 2.77. The van der Waals surface area contributed by atoms with Crippen molar-refractivity contribution in [3.63, 3.8) is 0 Å². The summed E-state index contributed by atoms with van der Waals surface area (Å²) in [4.78, 5) is 0.326. The fourth-order valence-corrected chi connectivity index (χ4v) is 2.77. The molecule has 1 aromatic carbocycles. The lowest BCUT2D eigenvalue weighted by molar-refractivity contribution is -0.0277. The Kier molecular flexibility index (Phi) is 2.39. The van der Waals surface area contributed by atoms with Crippen molar-refractivity contribution in [2.45, 2.75) is 43.6 Å². The third-order valence-corrected chi connectivity index (χ3v) is 3.77. The highest BCUT2D eigenvalue weighted by Crippen LogP contribution is 2.40. The predicted molar refractivity (Wildman–Crippen MR) is 77.4 cm³/mol. The Morgan fingerprint density at radius 2 is 1.89 bits per heavy atom. The number of nitrogens with zero attached hydrogens (tertiary/aromatic N) is 1. The molecule has 0 aliphatic heterocycles. The van der Waals surface area contributed by atoms with E-state index in [0.29, 0.717) is 17.7 Å². The minimum absolute atomic E-state index is 0.0322. The van der Waals surface area contributed by atoms with Gasteiger partial charge in [0, 0.05) is 22.0 Å². The number of hydrogen-bond acceptors (Lipinski definition) is 3. The van der Waals surface area contributed by atoms with E-state index < -0.39 is 32.0 Å². The highest BCUT2D eigenvalue weighted by Gasteiger charge is 2.38. The van der Waals surface area contributed by atoms with Gasteiger partial charge in [-0.15, -0.1) is 0 Å². The quantitative estimate of drug-likeness (QED) is 0.884. The van der Waals surface area contributed by atoms with Crippen molar-refractivity contribution in [1.82, 2.24) is 4.90 Å². The summed E-state index contributed by atoms with van der Waals surface area (Å²) < 4.78 is 54.6. The predicted octanol–water partition coefficient (Wildman–Crippen LogP) is 2.73. The van der Waals surface area contributed by atoms with Crippen molar-refractivity contribution in [3.05, 3.63) is 29.8 Å². The minimum Gasteiger partial charge on any atom is -0.508 e. The maximum absolute atomic E-state index is 11.2. The second kappa shape index (κ2) is 5.93. The van der Waals surface area contributed by atoms with Crippen molar-refractivity contribution >= 4 is 0 Å². The van der Waals surface area contributed by atoms with Crippen LogP contribution in [0.5, 0.6) is 5.75 Å². The van der Waals surface area contributed by atoms with Crippen LogP contribution in [-0.2, 0) is 0 Å². The van der Waals surface area contributed by atoms with Gasteiger partial charge in [0.25, 0.3) is 0 Å². The van der Waals surface area contributed by atoms with Crippen LogP contribution in [0.4, 0.5) is 0 Å². The number of rotatable bonds is 4. The molecule has 2 N–H and O–H groups in total. The van der Waals surface area contributed by atoms with Crippen LogP contribution >= 0.6 is 0 Å². The van der Waals surface area contributed by atoms with Gasteiger partial charge in [-0.3, -0.25) is 0 Å². The van der Waals surface area contributed by atoms with E-state index >= 15 is 0 Å². The van der Waals surface area contributed by atoms with Gasteiger partial charge < -0.3 is 15.1 Å². The number of hydrogen-bond donors (Lipinski definition) is 2. The Morgan fingerprint density at radius 1 is 1.26 bits per heavy atom. The molecule has 0 radical (unpaired) electrons. The standard InChI is InChI=1S/C16H25NO2/c1-17(2)12-15(13-6-8-14(18)9-7-13)16(19)10-4-3-5-11-16/h6-9,15,18-19H,3-5,10-12H2,1-2H3/i1D3,2D3,15D. The molecule has 0 amide bonds. The lowest BCUT2D eigenvalue weighted by Crippen LogP contribution is -2.42. The van der Waals surface area contributed by atoms with E-state index in [0.717, 1.165) is 6.42 Å². The van der Waals surface area contributed by atoms with Crippen LogP contribution < -0.4 is 0 Å². The summed E-state index contributed by atoms with van der Waals surface area (Å²) in [6.07, 6.45) is 2.82. The van der Waals surface area contributed by atoms with Crippen LogP contribution in [0, 0.1) is 0 Å². The van der Waals surface area contributed by atoms with Gasteiger partial charge in [-0.05, 0) is 44.5 Å². The van der Waals surface area contributed by atoms with Crippen LogP contribution in [0.3, 0.4) is 0 Å². The zero-order valence-electron chi connectivity index (χ0n) is 17.9. The molecule has 1 unspecified atom stereocenters. The lowest BCUT2D eigenvalue weighted by atomic mass is 9.72. The number of likely N-dealkylation sites (N-methyl/N-ethyl adjacent to an activating group) is 1. The molecule has 0 bridgehead atoms. The van der Waals surface area contributed by atoms with Crippen LogP contribution in [-0.4, -0.2) is 41.2 Å². The molecule has 19 heavy (non-hydrogen) atoms.